The van der Waals surface area contributed by atoms with Gasteiger partial charge in [-0.15, -0.1) is 0 Å². The molecule has 0 bridgehead atoms. The third-order valence-electron chi connectivity index (χ3n) is 2.80. The number of ether oxygens (including phenoxy) is 1. The largest absolute Gasteiger partial charge is 0.465 e. The maximum Gasteiger partial charge on any atom is 0.339 e. The third-order valence-corrected chi connectivity index (χ3v) is 2.80. The quantitative estimate of drug-likeness (QED) is 0.729. The van der Waals surface area contributed by atoms with Gasteiger partial charge in [0.1, 0.15) is 0 Å². The minimum Gasteiger partial charge on any atom is -0.465 e. The minimum absolute atomic E-state index is 0.171. The van der Waals surface area contributed by atoms with Gasteiger partial charge in [-0.2, -0.15) is 0 Å². The molecule has 0 saturated heterocycles. The molecule has 88 valence electrons. The summed E-state index contributed by atoms with van der Waals surface area (Å²) in [5.74, 6) is -0.306. The molecule has 0 radical (unpaired) electrons. The van der Waals surface area contributed by atoms with Crippen molar-refractivity contribution in [2.45, 2.75) is 6.04 Å². The van der Waals surface area contributed by atoms with E-state index in [1.54, 1.807) is 0 Å². The number of esters is 1. The molecule has 3 heteroatoms. The Bertz CT molecular complexity index is 462. The molecule has 0 fully saturated rings. The first kappa shape index (κ1) is 11.5. The number of carbonyl (C=O) groups is 1. The molecule has 0 N–H and O–H groups in total. The van der Waals surface area contributed by atoms with E-state index in [0.717, 1.165) is 0 Å². The number of likely N-dealkylation sites (N-methyl/N-ethyl adjacent to an activating group) is 1. The van der Waals surface area contributed by atoms with Gasteiger partial charge in [0.05, 0.1) is 18.7 Å². The number of benzene rings is 1. The zero-order chi connectivity index (χ0) is 12.3. The Labute approximate surface area is 101 Å². The molecule has 1 aliphatic rings. The molecule has 1 aromatic rings. The van der Waals surface area contributed by atoms with Crippen molar-refractivity contribution < 1.29 is 9.53 Å². The van der Waals surface area contributed by atoms with Gasteiger partial charge in [0, 0.05) is 13.2 Å². The van der Waals surface area contributed by atoms with Crippen LogP contribution in [-0.2, 0) is 9.53 Å². The molecule has 1 heterocycles. The number of hydrogen-bond donors (Lipinski definition) is 0. The monoisotopic (exact) mass is 229 g/mol. The molecule has 1 aliphatic heterocycles. The summed E-state index contributed by atoms with van der Waals surface area (Å²) in [6.45, 7) is 0. The average molecular weight is 229 g/mol. The fourth-order valence-electron chi connectivity index (χ4n) is 1.91. The average Bonchev–Trinajstić information content (AvgIpc) is 2.38. The van der Waals surface area contributed by atoms with Crippen LogP contribution in [0.2, 0.25) is 0 Å². The number of hydrogen-bond acceptors (Lipinski definition) is 3. The summed E-state index contributed by atoms with van der Waals surface area (Å²) in [5.41, 5.74) is 1.77. The van der Waals surface area contributed by atoms with Crippen molar-refractivity contribution in [2.75, 3.05) is 14.2 Å². The molecule has 1 unspecified atom stereocenters. The first-order valence-corrected chi connectivity index (χ1v) is 5.47. The van der Waals surface area contributed by atoms with E-state index >= 15 is 0 Å². The second-order valence-electron chi connectivity index (χ2n) is 3.96. The Morgan fingerprint density at radius 1 is 1.29 bits per heavy atom. The van der Waals surface area contributed by atoms with Crippen LogP contribution in [0.4, 0.5) is 0 Å². The molecular weight excluding hydrogens is 214 g/mol. The van der Waals surface area contributed by atoms with E-state index in [2.05, 4.69) is 12.1 Å². The maximum absolute atomic E-state index is 11.4. The summed E-state index contributed by atoms with van der Waals surface area (Å²) in [5, 5.41) is 0. The van der Waals surface area contributed by atoms with E-state index in [4.69, 9.17) is 4.74 Å². The number of methoxy groups -OCH3 is 1. The lowest BCUT2D eigenvalue weighted by Gasteiger charge is -2.28. The smallest absolute Gasteiger partial charge is 0.339 e. The minimum atomic E-state index is -0.306. The van der Waals surface area contributed by atoms with Gasteiger partial charge in [-0.25, -0.2) is 4.79 Å². The van der Waals surface area contributed by atoms with Crippen LogP contribution in [0.1, 0.15) is 11.6 Å². The highest BCUT2D eigenvalue weighted by Crippen LogP contribution is 2.25. The van der Waals surface area contributed by atoms with Crippen molar-refractivity contribution in [2.24, 2.45) is 0 Å². The fraction of sp³-hybridized carbons (Fsp3) is 0.214. The zero-order valence-corrected chi connectivity index (χ0v) is 9.96. The van der Waals surface area contributed by atoms with Gasteiger partial charge in [-0.3, -0.25) is 0 Å². The molecule has 0 spiro atoms. The third kappa shape index (κ3) is 2.38. The molecule has 1 aromatic carbocycles. The molecule has 0 aromatic heterocycles. The van der Waals surface area contributed by atoms with Gasteiger partial charge in [0.2, 0.25) is 0 Å². The Morgan fingerprint density at radius 2 is 2.00 bits per heavy atom. The Kier molecular flexibility index (Phi) is 3.28. The van der Waals surface area contributed by atoms with Crippen LogP contribution in [0.3, 0.4) is 0 Å². The molecule has 1 atom stereocenters. The van der Waals surface area contributed by atoms with Crippen molar-refractivity contribution in [1.29, 1.82) is 0 Å². The second-order valence-corrected chi connectivity index (χ2v) is 3.96. The molecule has 0 aliphatic carbocycles. The van der Waals surface area contributed by atoms with Crippen LogP contribution >= 0.6 is 0 Å². The van der Waals surface area contributed by atoms with E-state index in [0.29, 0.717) is 5.57 Å². The van der Waals surface area contributed by atoms with E-state index in [-0.39, 0.29) is 12.0 Å². The van der Waals surface area contributed by atoms with E-state index in [9.17, 15) is 4.79 Å². The van der Waals surface area contributed by atoms with Gasteiger partial charge in [-0.05, 0) is 11.6 Å². The van der Waals surface area contributed by atoms with Crippen LogP contribution in [0.25, 0.3) is 0 Å². The highest BCUT2D eigenvalue weighted by molar-refractivity contribution is 5.91. The van der Waals surface area contributed by atoms with Crippen LogP contribution in [-0.4, -0.2) is 25.0 Å². The highest BCUT2D eigenvalue weighted by atomic mass is 16.5. The SMILES string of the molecule is COC(=O)C1=CN(C)C(c2ccccc2)C=C1. The van der Waals surface area contributed by atoms with Crippen LogP contribution in [0.5, 0.6) is 0 Å². The number of carbonyl (C=O) groups excluding carboxylic acids is 1. The van der Waals surface area contributed by atoms with Gasteiger partial charge in [0.25, 0.3) is 0 Å². The maximum atomic E-state index is 11.4. The lowest BCUT2D eigenvalue weighted by atomic mass is 10.0. The lowest BCUT2D eigenvalue weighted by Crippen LogP contribution is -2.22. The molecule has 17 heavy (non-hydrogen) atoms. The summed E-state index contributed by atoms with van der Waals surface area (Å²) in [4.78, 5) is 13.4. The highest BCUT2D eigenvalue weighted by Gasteiger charge is 2.18. The van der Waals surface area contributed by atoms with Gasteiger partial charge in [0.15, 0.2) is 0 Å². The first-order valence-electron chi connectivity index (χ1n) is 5.47. The topological polar surface area (TPSA) is 29.5 Å². The fourth-order valence-corrected chi connectivity index (χ4v) is 1.91. The van der Waals surface area contributed by atoms with E-state index in [1.807, 2.05) is 48.5 Å². The predicted molar refractivity (Wildman–Crippen MR) is 66.2 cm³/mol. The molecule has 2 rings (SSSR count). The standard InChI is InChI=1S/C14H15NO2/c1-15-10-12(14(16)17-2)8-9-13(15)11-6-4-3-5-7-11/h3-10,13H,1-2H3. The predicted octanol–water partition coefficient (Wildman–Crippen LogP) is 2.29. The number of nitrogens with zero attached hydrogens (tertiary/aromatic N) is 1. The van der Waals surface area contributed by atoms with Crippen molar-refractivity contribution in [3.63, 3.8) is 0 Å². The molecule has 0 amide bonds. The van der Waals surface area contributed by atoms with Crippen molar-refractivity contribution in [3.05, 3.63) is 59.8 Å². The second kappa shape index (κ2) is 4.87. The van der Waals surface area contributed by atoms with Gasteiger partial charge < -0.3 is 9.64 Å². The van der Waals surface area contributed by atoms with E-state index < -0.39 is 0 Å². The summed E-state index contributed by atoms with van der Waals surface area (Å²) in [6, 6.07) is 10.3. The van der Waals surface area contributed by atoms with Crippen LogP contribution < -0.4 is 0 Å². The zero-order valence-electron chi connectivity index (χ0n) is 9.96. The molecule has 0 saturated carbocycles. The molecule has 3 nitrogen and oxygen atoms in total. The number of rotatable bonds is 2. The summed E-state index contributed by atoms with van der Waals surface area (Å²) in [6.07, 6.45) is 5.62. The van der Waals surface area contributed by atoms with Crippen molar-refractivity contribution in [1.82, 2.24) is 4.90 Å². The van der Waals surface area contributed by atoms with E-state index in [1.165, 1.54) is 12.7 Å². The lowest BCUT2D eigenvalue weighted by molar-refractivity contribution is -0.135. The first-order chi connectivity index (χ1) is 8.22. The Hall–Kier alpha value is -2.03. The summed E-state index contributed by atoms with van der Waals surface area (Å²) >= 11 is 0. The van der Waals surface area contributed by atoms with Gasteiger partial charge >= 0.3 is 5.97 Å². The van der Waals surface area contributed by atoms with Gasteiger partial charge in [-0.1, -0.05) is 36.4 Å². The normalized spacial score (nSPS) is 18.8. The summed E-state index contributed by atoms with van der Waals surface area (Å²) in [7, 11) is 3.34. The van der Waals surface area contributed by atoms with Crippen molar-refractivity contribution in [3.8, 4) is 0 Å². The Balaban J connectivity index is 2.20. The van der Waals surface area contributed by atoms with Crippen LogP contribution in [0.15, 0.2) is 54.3 Å². The summed E-state index contributed by atoms with van der Waals surface area (Å²) < 4.78 is 4.69. The Morgan fingerprint density at radius 3 is 2.59 bits per heavy atom. The van der Waals surface area contributed by atoms with Crippen molar-refractivity contribution >= 4 is 5.97 Å². The molecular formula is C14H15NO2. The van der Waals surface area contributed by atoms with Crippen LogP contribution in [0, 0.1) is 0 Å².